The minimum absolute atomic E-state index is 0.0791. The number of piperidine rings is 1. The van der Waals surface area contributed by atoms with Crippen molar-refractivity contribution in [2.24, 2.45) is 5.92 Å². The molecule has 1 saturated heterocycles. The number of amides is 1. The molecule has 37 heavy (non-hydrogen) atoms. The van der Waals surface area contributed by atoms with Gasteiger partial charge in [0.15, 0.2) is 0 Å². The monoisotopic (exact) mass is 495 g/mol. The molecular formula is C32H34FN3O. The summed E-state index contributed by atoms with van der Waals surface area (Å²) in [5.41, 5.74) is 6.22. The van der Waals surface area contributed by atoms with Gasteiger partial charge in [-0.15, -0.1) is 0 Å². The lowest BCUT2D eigenvalue weighted by atomic mass is 9.87. The van der Waals surface area contributed by atoms with Crippen molar-refractivity contribution in [3.8, 4) is 0 Å². The summed E-state index contributed by atoms with van der Waals surface area (Å²) in [6.45, 7) is 3.39. The number of aryl methyl sites for hydroxylation is 1. The van der Waals surface area contributed by atoms with Gasteiger partial charge in [-0.2, -0.15) is 0 Å². The second kappa shape index (κ2) is 10.5. The predicted molar refractivity (Wildman–Crippen MR) is 146 cm³/mol. The molecule has 0 saturated carbocycles. The van der Waals surface area contributed by atoms with Gasteiger partial charge in [0.1, 0.15) is 5.82 Å². The molecule has 1 fully saturated rings. The fourth-order valence-corrected chi connectivity index (χ4v) is 6.13. The normalized spacial score (nSPS) is 18.6. The van der Waals surface area contributed by atoms with Gasteiger partial charge in [0.25, 0.3) is 0 Å². The molecular weight excluding hydrogens is 461 g/mol. The van der Waals surface area contributed by atoms with Crippen molar-refractivity contribution in [3.63, 3.8) is 0 Å². The Kier molecular flexibility index (Phi) is 6.79. The van der Waals surface area contributed by atoms with Crippen LogP contribution in [0, 0.1) is 11.7 Å². The quantitative estimate of drug-likeness (QED) is 0.344. The summed E-state index contributed by atoms with van der Waals surface area (Å²) in [4.78, 5) is 15.6. The summed E-state index contributed by atoms with van der Waals surface area (Å²) < 4.78 is 15.8. The molecule has 4 aromatic rings. The van der Waals surface area contributed by atoms with Gasteiger partial charge >= 0.3 is 0 Å². The van der Waals surface area contributed by atoms with Crippen molar-refractivity contribution >= 4 is 16.8 Å². The lowest BCUT2D eigenvalue weighted by Gasteiger charge is -2.33. The number of nitrogens with one attached hydrogen (secondary N) is 1. The Labute approximate surface area is 218 Å². The number of carbonyl (C=O) groups excluding carboxylic acids is 1. The molecule has 1 N–H and O–H groups in total. The van der Waals surface area contributed by atoms with E-state index in [9.17, 15) is 9.18 Å². The average Bonchev–Trinajstić information content (AvgIpc) is 3.27. The van der Waals surface area contributed by atoms with Crippen molar-refractivity contribution in [1.29, 1.82) is 0 Å². The smallest absolute Gasteiger partial charge is 0.223 e. The molecule has 0 unspecified atom stereocenters. The molecule has 5 heteroatoms. The first-order valence-electron chi connectivity index (χ1n) is 13.6. The van der Waals surface area contributed by atoms with Crippen molar-refractivity contribution in [2.45, 2.75) is 51.2 Å². The molecule has 1 amide bonds. The van der Waals surface area contributed by atoms with E-state index >= 15 is 0 Å². The number of aromatic nitrogens is 1. The third kappa shape index (κ3) is 5.19. The molecule has 0 spiro atoms. The fourth-order valence-electron chi connectivity index (χ4n) is 6.13. The van der Waals surface area contributed by atoms with E-state index in [2.05, 4.69) is 69.4 Å². The SMILES string of the molecule is O=C(N[C@H]1CCCc2ccccc21)C1CCN(Cc2cc3ccccc3n2Cc2ccc(F)cc2)CC1. The highest BCUT2D eigenvalue weighted by Gasteiger charge is 2.29. The van der Waals surface area contributed by atoms with Gasteiger partial charge < -0.3 is 9.88 Å². The number of para-hydroxylation sites is 1. The van der Waals surface area contributed by atoms with Gasteiger partial charge in [-0.25, -0.2) is 4.39 Å². The Morgan fingerprint density at radius 2 is 1.65 bits per heavy atom. The Morgan fingerprint density at radius 1 is 0.892 bits per heavy atom. The molecule has 1 aromatic heterocycles. The second-order valence-electron chi connectivity index (χ2n) is 10.6. The van der Waals surface area contributed by atoms with Crippen LogP contribution < -0.4 is 5.32 Å². The first kappa shape index (κ1) is 23.9. The first-order chi connectivity index (χ1) is 18.1. The summed E-state index contributed by atoms with van der Waals surface area (Å²) in [6, 6.07) is 26.2. The van der Waals surface area contributed by atoms with Gasteiger partial charge in [-0.05, 0) is 91.5 Å². The van der Waals surface area contributed by atoms with Gasteiger partial charge in [-0.1, -0.05) is 54.6 Å². The maximum atomic E-state index is 13.5. The standard InChI is InChI=1S/C32H34FN3O/c33-27-14-12-23(13-15-27)21-36-28(20-26-7-2-4-11-31(26)36)22-35-18-16-25(17-19-35)32(37)34-30-10-5-8-24-6-1-3-9-29(24)30/h1-4,6-7,9,11-15,20,25,30H,5,8,10,16-19,21-22H2,(H,34,37)/t30-/m0/s1. The average molecular weight is 496 g/mol. The maximum absolute atomic E-state index is 13.5. The lowest BCUT2D eigenvalue weighted by Crippen LogP contribution is -2.42. The summed E-state index contributed by atoms with van der Waals surface area (Å²) in [7, 11) is 0. The van der Waals surface area contributed by atoms with Crippen LogP contribution in [0.3, 0.4) is 0 Å². The van der Waals surface area contributed by atoms with Crippen molar-refractivity contribution in [1.82, 2.24) is 14.8 Å². The van der Waals surface area contributed by atoms with E-state index in [0.717, 1.165) is 57.3 Å². The van der Waals surface area contributed by atoms with E-state index in [1.807, 2.05) is 12.1 Å². The number of likely N-dealkylation sites (tertiary alicyclic amines) is 1. The van der Waals surface area contributed by atoms with Crippen molar-refractivity contribution < 1.29 is 9.18 Å². The Hall–Kier alpha value is -3.44. The predicted octanol–water partition coefficient (Wildman–Crippen LogP) is 6.23. The highest BCUT2D eigenvalue weighted by molar-refractivity contribution is 5.81. The lowest BCUT2D eigenvalue weighted by molar-refractivity contribution is -0.127. The highest BCUT2D eigenvalue weighted by atomic mass is 19.1. The van der Waals surface area contributed by atoms with Crippen LogP contribution in [0.25, 0.3) is 10.9 Å². The molecule has 2 aliphatic rings. The van der Waals surface area contributed by atoms with Crippen LogP contribution in [0.1, 0.15) is 54.1 Å². The van der Waals surface area contributed by atoms with Gasteiger partial charge in [0, 0.05) is 30.2 Å². The molecule has 3 aromatic carbocycles. The number of benzene rings is 3. The van der Waals surface area contributed by atoms with Crippen LogP contribution in [0.4, 0.5) is 4.39 Å². The third-order valence-electron chi connectivity index (χ3n) is 8.18. The molecule has 1 atom stereocenters. The van der Waals surface area contributed by atoms with E-state index in [1.54, 1.807) is 0 Å². The molecule has 0 bridgehead atoms. The molecule has 6 rings (SSSR count). The van der Waals surface area contributed by atoms with Crippen LogP contribution in [-0.4, -0.2) is 28.5 Å². The van der Waals surface area contributed by atoms with Crippen LogP contribution in [0.5, 0.6) is 0 Å². The summed E-state index contributed by atoms with van der Waals surface area (Å²) in [5.74, 6) is 0.0862. The Balaban J connectivity index is 1.11. The maximum Gasteiger partial charge on any atom is 0.223 e. The molecule has 1 aliphatic carbocycles. The molecule has 190 valence electrons. The van der Waals surface area contributed by atoms with Crippen LogP contribution in [0.2, 0.25) is 0 Å². The number of fused-ring (bicyclic) bond motifs is 2. The van der Waals surface area contributed by atoms with Crippen molar-refractivity contribution in [3.05, 3.63) is 107 Å². The molecule has 2 heterocycles. The summed E-state index contributed by atoms with van der Waals surface area (Å²) in [6.07, 6.45) is 5.04. The Bertz CT molecular complexity index is 1380. The van der Waals surface area contributed by atoms with Gasteiger partial charge in [-0.3, -0.25) is 9.69 Å². The highest BCUT2D eigenvalue weighted by Crippen LogP contribution is 2.31. The summed E-state index contributed by atoms with van der Waals surface area (Å²) >= 11 is 0. The number of carbonyl (C=O) groups is 1. The van der Waals surface area contributed by atoms with E-state index in [1.165, 1.54) is 39.9 Å². The van der Waals surface area contributed by atoms with Crippen molar-refractivity contribution in [2.75, 3.05) is 13.1 Å². The second-order valence-corrected chi connectivity index (χ2v) is 10.6. The van der Waals surface area contributed by atoms with Crippen LogP contribution in [0.15, 0.2) is 78.9 Å². The Morgan fingerprint density at radius 3 is 2.49 bits per heavy atom. The van der Waals surface area contributed by atoms with E-state index < -0.39 is 0 Å². The van der Waals surface area contributed by atoms with E-state index in [-0.39, 0.29) is 23.7 Å². The van der Waals surface area contributed by atoms with Crippen LogP contribution in [-0.2, 0) is 24.3 Å². The number of nitrogens with zero attached hydrogens (tertiary/aromatic N) is 2. The molecule has 4 nitrogen and oxygen atoms in total. The summed E-state index contributed by atoms with van der Waals surface area (Å²) in [5, 5.41) is 4.60. The van der Waals surface area contributed by atoms with E-state index in [4.69, 9.17) is 0 Å². The number of rotatable bonds is 6. The number of hydrogen-bond acceptors (Lipinski definition) is 2. The first-order valence-corrected chi connectivity index (χ1v) is 13.6. The zero-order chi connectivity index (χ0) is 25.2. The fraction of sp³-hybridized carbons (Fsp3) is 0.344. The minimum atomic E-state index is -0.207. The zero-order valence-corrected chi connectivity index (χ0v) is 21.2. The number of hydrogen-bond donors (Lipinski definition) is 1. The van der Waals surface area contributed by atoms with Gasteiger partial charge in [0.2, 0.25) is 5.91 Å². The van der Waals surface area contributed by atoms with Gasteiger partial charge in [0.05, 0.1) is 6.04 Å². The molecule has 0 radical (unpaired) electrons. The zero-order valence-electron chi connectivity index (χ0n) is 21.2. The third-order valence-corrected chi connectivity index (χ3v) is 8.18. The van der Waals surface area contributed by atoms with Crippen LogP contribution >= 0.6 is 0 Å². The minimum Gasteiger partial charge on any atom is -0.349 e. The largest absolute Gasteiger partial charge is 0.349 e. The molecule has 1 aliphatic heterocycles. The van der Waals surface area contributed by atoms with E-state index in [0.29, 0.717) is 6.54 Å². The number of halogens is 1. The topological polar surface area (TPSA) is 37.3 Å².